The van der Waals surface area contributed by atoms with Crippen molar-refractivity contribution in [2.45, 2.75) is 0 Å². The molecule has 4 nitrogen and oxygen atoms in total. The smallest absolute Gasteiger partial charge is 1.00 e. The topological polar surface area (TPSA) is 63.6 Å². The van der Waals surface area contributed by atoms with E-state index in [9.17, 15) is 4.53 Å². The van der Waals surface area contributed by atoms with Gasteiger partial charge in [0.15, 0.2) is 0 Å². The molecule has 0 fully saturated rings. The molecule has 0 amide bonds. The van der Waals surface area contributed by atoms with Crippen molar-refractivity contribution in [3.63, 3.8) is 0 Å². The first-order valence-electron chi connectivity index (χ1n) is 0.837. The van der Waals surface area contributed by atoms with Crippen LogP contribution in [0.4, 0.5) is 4.53 Å². The van der Waals surface area contributed by atoms with Gasteiger partial charge in [0.2, 0.25) is 0 Å². The molecule has 0 radical (unpaired) electrons. The number of hydrogen-bond acceptors (Lipinski definition) is 3. The van der Waals surface area contributed by atoms with Gasteiger partial charge in [-0.3, -0.25) is 4.55 Å². The Bertz CT molecular complexity index is 118. The van der Waals surface area contributed by atoms with Crippen molar-refractivity contribution in [3.05, 3.63) is 0 Å². The summed E-state index contributed by atoms with van der Waals surface area (Å²) in [6, 6.07) is 0. The van der Waals surface area contributed by atoms with Gasteiger partial charge in [-0.2, -0.15) is 8.42 Å². The van der Waals surface area contributed by atoms with E-state index in [-0.39, 0.29) is 70.3 Å². The molecule has 7 heavy (non-hydrogen) atoms. The minimum absolute atomic E-state index is 0. The molecule has 0 saturated heterocycles. The quantitative estimate of drug-likeness (QED) is 0.498. The van der Waals surface area contributed by atoms with Crippen LogP contribution < -0.4 is 68.9 Å². The molecule has 0 aromatic carbocycles. The standard InChI is InChI=1S/Cs.FHO4S.H/c;1-5-6(2,3)4;/h;(H,2,3,4);/q+1;;-1. The third-order valence-corrected chi connectivity index (χ3v) is 0.239. The van der Waals surface area contributed by atoms with E-state index >= 15 is 0 Å². The summed E-state index contributed by atoms with van der Waals surface area (Å²) < 4.78 is 37.2. The van der Waals surface area contributed by atoms with E-state index in [0.717, 1.165) is 0 Å². The molecule has 0 spiro atoms. The molecule has 7 heteroatoms. The van der Waals surface area contributed by atoms with Crippen LogP contribution in [0.1, 0.15) is 1.43 Å². The Morgan fingerprint density at radius 3 is 1.86 bits per heavy atom. The van der Waals surface area contributed by atoms with Crippen LogP contribution in [0.15, 0.2) is 0 Å². The second-order valence-corrected chi connectivity index (χ2v) is 1.47. The van der Waals surface area contributed by atoms with Gasteiger partial charge >= 0.3 is 79.3 Å². The van der Waals surface area contributed by atoms with Gasteiger partial charge in [-0.15, -0.1) is 0 Å². The first kappa shape index (κ1) is 11.6. The summed E-state index contributed by atoms with van der Waals surface area (Å²) in [5, 5.41) is 0. The molecule has 0 heterocycles. The average Bonchev–Trinajstić information content (AvgIpc) is 1.35. The summed E-state index contributed by atoms with van der Waals surface area (Å²) in [6.45, 7) is 0. The summed E-state index contributed by atoms with van der Waals surface area (Å²) in [5.74, 6) is 0. The van der Waals surface area contributed by atoms with E-state index in [1.165, 1.54) is 0 Å². The fourth-order valence-electron chi connectivity index (χ4n) is 0. The Morgan fingerprint density at radius 2 is 1.86 bits per heavy atom. The summed E-state index contributed by atoms with van der Waals surface area (Å²) in [6.07, 6.45) is 0. The second-order valence-electron chi connectivity index (χ2n) is 0.491. The Balaban J connectivity index is -0.000000125. The first-order chi connectivity index (χ1) is 2.56. The van der Waals surface area contributed by atoms with Gasteiger partial charge in [0.25, 0.3) is 0 Å². The maximum absolute atomic E-state index is 10.2. The van der Waals surface area contributed by atoms with E-state index in [4.69, 9.17) is 13.0 Å². The van der Waals surface area contributed by atoms with E-state index in [0.29, 0.717) is 0 Å². The molecular formula is H2CsFO4S. The molecule has 0 aromatic rings. The van der Waals surface area contributed by atoms with Crippen molar-refractivity contribution in [2.24, 2.45) is 0 Å². The fraction of sp³-hybridized carbons (Fsp3) is 0. The molecule has 0 aliphatic heterocycles. The molecule has 0 aliphatic rings. The molecule has 0 bridgehead atoms. The third kappa shape index (κ3) is 11.4. The van der Waals surface area contributed by atoms with Crippen molar-refractivity contribution in [1.29, 1.82) is 0 Å². The van der Waals surface area contributed by atoms with Crippen LogP contribution in [0.2, 0.25) is 0 Å². The maximum Gasteiger partial charge on any atom is 1.00 e. The van der Waals surface area contributed by atoms with Gasteiger partial charge in [0.1, 0.15) is 0 Å². The first-order valence-corrected chi connectivity index (χ1v) is 2.20. The van der Waals surface area contributed by atoms with Crippen LogP contribution in [0, 0.1) is 0 Å². The number of halogens is 1. The molecule has 40 valence electrons. The molecule has 0 atom stereocenters. The van der Waals surface area contributed by atoms with Crippen LogP contribution in [-0.2, 0) is 14.8 Å². The van der Waals surface area contributed by atoms with Crippen molar-refractivity contribution >= 4 is 10.4 Å². The zero-order chi connectivity index (χ0) is 5.21. The summed E-state index contributed by atoms with van der Waals surface area (Å²) in [5.41, 5.74) is 0. The summed E-state index contributed by atoms with van der Waals surface area (Å²) in [7, 11) is -4.83. The van der Waals surface area contributed by atoms with Crippen LogP contribution in [0.25, 0.3) is 0 Å². The zero-order valence-corrected chi connectivity index (χ0v) is 10.6. The molecule has 0 unspecified atom stereocenters. The van der Waals surface area contributed by atoms with E-state index in [1.54, 1.807) is 0 Å². The van der Waals surface area contributed by atoms with Crippen molar-refractivity contribution in [3.8, 4) is 0 Å². The molecule has 0 aromatic heterocycles. The predicted octanol–water partition coefficient (Wildman–Crippen LogP) is -3.19. The van der Waals surface area contributed by atoms with Crippen LogP contribution in [-0.4, -0.2) is 13.0 Å². The number of hydrogen-bond donors (Lipinski definition) is 1. The Labute approximate surface area is 100 Å². The van der Waals surface area contributed by atoms with Crippen LogP contribution >= 0.6 is 0 Å². The minimum atomic E-state index is -4.83. The summed E-state index contributed by atoms with van der Waals surface area (Å²) in [4.78, 5) is 0. The zero-order valence-electron chi connectivity index (χ0n) is 4.46. The third-order valence-electron chi connectivity index (χ3n) is 0.0796. The van der Waals surface area contributed by atoms with E-state index < -0.39 is 10.4 Å². The molecular weight excluding hydrogens is 248 g/mol. The maximum atomic E-state index is 10.2. The van der Waals surface area contributed by atoms with Gasteiger partial charge < -0.3 is 1.43 Å². The average molecular weight is 250 g/mol. The predicted molar refractivity (Wildman–Crippen MR) is 14.9 cm³/mol. The molecule has 1 N–H and O–H groups in total. The second kappa shape index (κ2) is 4.70. The SMILES string of the molecule is O=S(=O)(O)OF.[Cs+].[H-]. The fourth-order valence-corrected chi connectivity index (χ4v) is 0. The van der Waals surface area contributed by atoms with Gasteiger partial charge in [0.05, 0.1) is 0 Å². The largest absolute Gasteiger partial charge is 1.00 e. The molecule has 0 rings (SSSR count). The van der Waals surface area contributed by atoms with Gasteiger partial charge in [-0.1, -0.05) is 0 Å². The minimum Gasteiger partial charge on any atom is -1.00 e. The van der Waals surface area contributed by atoms with E-state index in [2.05, 4.69) is 0 Å². The van der Waals surface area contributed by atoms with Crippen LogP contribution in [0.5, 0.6) is 0 Å². The number of rotatable bonds is 1. The summed E-state index contributed by atoms with van der Waals surface area (Å²) >= 11 is 0. The van der Waals surface area contributed by atoms with Crippen molar-refractivity contribution in [2.75, 3.05) is 0 Å². The van der Waals surface area contributed by atoms with Gasteiger partial charge in [-0.05, 0) is 8.91 Å². The Morgan fingerprint density at radius 1 is 1.71 bits per heavy atom. The normalized spacial score (nSPS) is 10.0. The monoisotopic (exact) mass is 250 g/mol. The molecule has 0 saturated carbocycles. The van der Waals surface area contributed by atoms with Gasteiger partial charge in [-0.25, -0.2) is 0 Å². The van der Waals surface area contributed by atoms with Crippen molar-refractivity contribution in [1.82, 2.24) is 0 Å². The Hall–Kier alpha value is 1.85. The van der Waals surface area contributed by atoms with Gasteiger partial charge in [0, 0.05) is 0 Å². The van der Waals surface area contributed by atoms with Crippen LogP contribution in [0.3, 0.4) is 0 Å². The van der Waals surface area contributed by atoms with Crippen molar-refractivity contribution < 1.29 is 92.2 Å². The van der Waals surface area contributed by atoms with E-state index in [1.807, 2.05) is 4.39 Å². The Kier molecular flexibility index (Phi) is 7.81. The molecule has 0 aliphatic carbocycles.